The van der Waals surface area contributed by atoms with Gasteiger partial charge in [-0.2, -0.15) is 0 Å². The highest BCUT2D eigenvalue weighted by atomic mass is 35.5. The van der Waals surface area contributed by atoms with Crippen LogP contribution in [0.25, 0.3) is 5.69 Å². The highest BCUT2D eigenvalue weighted by Crippen LogP contribution is 2.19. The Morgan fingerprint density at radius 3 is 2.92 bits per heavy atom. The van der Waals surface area contributed by atoms with Crippen LogP contribution < -0.4 is 10.1 Å². The van der Waals surface area contributed by atoms with Crippen LogP contribution in [0.3, 0.4) is 0 Å². The van der Waals surface area contributed by atoms with Gasteiger partial charge in [-0.05, 0) is 36.8 Å². The Kier molecular flexibility index (Phi) is 5.70. The van der Waals surface area contributed by atoms with E-state index in [-0.39, 0.29) is 18.0 Å². The molecule has 1 aromatic carbocycles. The number of aromatic nitrogens is 2. The molecule has 8 heteroatoms. The van der Waals surface area contributed by atoms with Crippen molar-refractivity contribution >= 4 is 23.2 Å². The predicted octanol–water partition coefficient (Wildman–Crippen LogP) is 2.76. The van der Waals surface area contributed by atoms with Gasteiger partial charge in [-0.3, -0.25) is 10.2 Å². The molecule has 0 aliphatic carbocycles. The van der Waals surface area contributed by atoms with Crippen LogP contribution in [-0.2, 0) is 4.79 Å². The molecular formula is C16H16ClFN4O2. The largest absolute Gasteiger partial charge is 0.472 e. The molecule has 126 valence electrons. The first-order valence-electron chi connectivity index (χ1n) is 7.04. The molecule has 0 aliphatic heterocycles. The molecule has 0 unspecified atom stereocenters. The fraction of sp³-hybridized carbons (Fsp3) is 0.188. The van der Waals surface area contributed by atoms with E-state index in [1.807, 2.05) is 0 Å². The molecular weight excluding hydrogens is 335 g/mol. The van der Waals surface area contributed by atoms with Gasteiger partial charge >= 0.3 is 0 Å². The molecule has 0 aliphatic rings. The van der Waals surface area contributed by atoms with Crippen molar-refractivity contribution in [1.29, 1.82) is 5.41 Å². The Bertz CT molecular complexity index is 801. The Morgan fingerprint density at radius 2 is 2.25 bits per heavy atom. The molecule has 0 radical (unpaired) electrons. The van der Waals surface area contributed by atoms with E-state index >= 15 is 0 Å². The van der Waals surface area contributed by atoms with Gasteiger partial charge in [0.25, 0.3) is 5.91 Å². The lowest BCUT2D eigenvalue weighted by molar-refractivity contribution is -0.114. The molecule has 2 aromatic rings. The third-order valence-corrected chi connectivity index (χ3v) is 3.43. The van der Waals surface area contributed by atoms with Crippen molar-refractivity contribution in [2.45, 2.75) is 6.92 Å². The summed E-state index contributed by atoms with van der Waals surface area (Å²) in [6, 6.07) is 5.87. The van der Waals surface area contributed by atoms with E-state index in [1.165, 1.54) is 23.9 Å². The smallest absolute Gasteiger partial charge is 0.269 e. The second-order valence-electron chi connectivity index (χ2n) is 4.85. The Morgan fingerprint density at radius 1 is 1.50 bits per heavy atom. The molecule has 0 fully saturated rings. The van der Waals surface area contributed by atoms with Crippen molar-refractivity contribution in [2.75, 3.05) is 13.7 Å². The monoisotopic (exact) mass is 350 g/mol. The lowest BCUT2D eigenvalue weighted by Crippen LogP contribution is -2.27. The molecule has 0 saturated heterocycles. The first-order valence-corrected chi connectivity index (χ1v) is 7.42. The summed E-state index contributed by atoms with van der Waals surface area (Å²) >= 11 is 5.72. The van der Waals surface area contributed by atoms with Crippen molar-refractivity contribution in [3.8, 4) is 11.6 Å². The summed E-state index contributed by atoms with van der Waals surface area (Å²) in [6.45, 7) is 1.77. The number of hydrogen-bond acceptors (Lipinski definition) is 4. The van der Waals surface area contributed by atoms with E-state index in [0.29, 0.717) is 16.5 Å². The molecule has 0 atom stereocenters. The van der Waals surface area contributed by atoms with Crippen LogP contribution in [-0.4, -0.2) is 35.1 Å². The zero-order chi connectivity index (χ0) is 17.7. The average Bonchev–Trinajstić information content (AvgIpc) is 3.01. The topological polar surface area (TPSA) is 80.0 Å². The number of halogens is 2. The highest BCUT2D eigenvalue weighted by Gasteiger charge is 2.09. The summed E-state index contributed by atoms with van der Waals surface area (Å²) in [5.74, 6) is -0.668. The summed E-state index contributed by atoms with van der Waals surface area (Å²) in [6.07, 6.45) is 3.16. The van der Waals surface area contributed by atoms with Crippen molar-refractivity contribution in [2.24, 2.45) is 0 Å². The molecule has 6 nitrogen and oxygen atoms in total. The number of ether oxygens (including phenoxy) is 1. The maximum absolute atomic E-state index is 13.8. The maximum atomic E-state index is 13.8. The number of amides is 1. The van der Waals surface area contributed by atoms with Crippen LogP contribution >= 0.6 is 11.6 Å². The summed E-state index contributed by atoms with van der Waals surface area (Å²) < 4.78 is 20.6. The molecule has 2 N–H and O–H groups in total. The third-order valence-electron chi connectivity index (χ3n) is 3.19. The van der Waals surface area contributed by atoms with Gasteiger partial charge in [0.1, 0.15) is 23.8 Å². The molecule has 1 aromatic heterocycles. The van der Waals surface area contributed by atoms with Gasteiger partial charge in [0.05, 0.1) is 0 Å². The zero-order valence-corrected chi connectivity index (χ0v) is 13.9. The molecule has 1 amide bonds. The van der Waals surface area contributed by atoms with E-state index in [1.54, 1.807) is 31.3 Å². The van der Waals surface area contributed by atoms with Crippen molar-refractivity contribution in [3.63, 3.8) is 0 Å². The second kappa shape index (κ2) is 7.74. The first-order chi connectivity index (χ1) is 11.4. The van der Waals surface area contributed by atoms with Gasteiger partial charge in [-0.15, -0.1) is 5.10 Å². The summed E-state index contributed by atoms with van der Waals surface area (Å²) in [5, 5.41) is 14.4. The van der Waals surface area contributed by atoms with Gasteiger partial charge < -0.3 is 10.1 Å². The van der Waals surface area contributed by atoms with Crippen molar-refractivity contribution in [1.82, 2.24) is 15.1 Å². The number of nitrogens with zero attached hydrogens (tertiary/aromatic N) is 2. The molecule has 0 bridgehead atoms. The van der Waals surface area contributed by atoms with Crippen LogP contribution in [0.1, 0.15) is 6.92 Å². The SMILES string of the molecule is CNC(=O)C(=N)C(C)=CCOc1ccn(-c2ccc(Cl)cc2F)n1. The van der Waals surface area contributed by atoms with Gasteiger partial charge in [0.2, 0.25) is 5.88 Å². The minimum absolute atomic E-state index is 0.130. The number of carbonyl (C=O) groups is 1. The minimum atomic E-state index is -0.494. The summed E-state index contributed by atoms with van der Waals surface area (Å²) in [7, 11) is 1.46. The molecule has 1 heterocycles. The standard InChI is InChI=1S/C16H16ClFN4O2/c1-10(15(19)16(23)20-2)6-8-24-14-5-7-22(21-14)13-4-3-11(17)9-12(13)18/h3-7,9,19H,8H2,1-2H3,(H,20,23). The Labute approximate surface area is 143 Å². The van der Waals surface area contributed by atoms with E-state index in [4.69, 9.17) is 21.7 Å². The zero-order valence-electron chi connectivity index (χ0n) is 13.1. The van der Waals surface area contributed by atoms with Gasteiger partial charge in [-0.25, -0.2) is 9.07 Å². The fourth-order valence-corrected chi connectivity index (χ4v) is 2.00. The van der Waals surface area contributed by atoms with E-state index in [9.17, 15) is 9.18 Å². The second-order valence-corrected chi connectivity index (χ2v) is 5.28. The van der Waals surface area contributed by atoms with Gasteiger partial charge in [0, 0.05) is 24.3 Å². The Hall–Kier alpha value is -2.67. The molecule has 2 rings (SSSR count). The minimum Gasteiger partial charge on any atom is -0.472 e. The van der Waals surface area contributed by atoms with E-state index in [2.05, 4.69) is 10.4 Å². The third kappa shape index (κ3) is 4.20. The predicted molar refractivity (Wildman–Crippen MR) is 89.6 cm³/mol. The number of carbonyl (C=O) groups excluding carboxylic acids is 1. The first kappa shape index (κ1) is 17.7. The van der Waals surface area contributed by atoms with Crippen LogP contribution in [0.2, 0.25) is 5.02 Å². The maximum Gasteiger partial charge on any atom is 0.269 e. The summed E-state index contributed by atoms with van der Waals surface area (Å²) in [5.41, 5.74) is 0.606. The molecule has 0 spiro atoms. The lowest BCUT2D eigenvalue weighted by Gasteiger charge is -2.04. The Balaban J connectivity index is 2.02. The quantitative estimate of drug-likeness (QED) is 0.786. The number of rotatable bonds is 6. The van der Waals surface area contributed by atoms with Gasteiger partial charge in [-0.1, -0.05) is 11.6 Å². The van der Waals surface area contributed by atoms with E-state index < -0.39 is 11.7 Å². The van der Waals surface area contributed by atoms with Crippen LogP contribution in [0.4, 0.5) is 4.39 Å². The van der Waals surface area contributed by atoms with Crippen LogP contribution in [0.15, 0.2) is 42.1 Å². The van der Waals surface area contributed by atoms with Crippen LogP contribution in [0, 0.1) is 11.2 Å². The normalized spacial score (nSPS) is 11.2. The van der Waals surface area contributed by atoms with Crippen molar-refractivity contribution in [3.05, 3.63) is 53.0 Å². The van der Waals surface area contributed by atoms with Gasteiger partial charge in [0.15, 0.2) is 0 Å². The average molecular weight is 351 g/mol. The van der Waals surface area contributed by atoms with E-state index in [0.717, 1.165) is 0 Å². The molecule has 0 saturated carbocycles. The van der Waals surface area contributed by atoms with Crippen molar-refractivity contribution < 1.29 is 13.9 Å². The molecule has 24 heavy (non-hydrogen) atoms. The number of nitrogens with one attached hydrogen (secondary N) is 2. The highest BCUT2D eigenvalue weighted by molar-refractivity contribution is 6.43. The number of hydrogen-bond donors (Lipinski definition) is 2. The van der Waals surface area contributed by atoms with Crippen LogP contribution in [0.5, 0.6) is 5.88 Å². The number of benzene rings is 1. The fourth-order valence-electron chi connectivity index (χ4n) is 1.84. The lowest BCUT2D eigenvalue weighted by atomic mass is 10.1. The summed E-state index contributed by atoms with van der Waals surface area (Å²) in [4.78, 5) is 11.3.